The number of para-hydroxylation sites is 1. The molecule has 0 aliphatic carbocycles. The molecule has 0 bridgehead atoms. The Morgan fingerprint density at radius 1 is 1.29 bits per heavy atom. The monoisotopic (exact) mass is 436 g/mol. The number of amides is 1. The summed E-state index contributed by atoms with van der Waals surface area (Å²) in [7, 11) is 0. The van der Waals surface area contributed by atoms with Crippen LogP contribution in [0.3, 0.4) is 0 Å². The van der Waals surface area contributed by atoms with Crippen LogP contribution in [-0.4, -0.2) is 34.3 Å². The molecule has 0 spiro atoms. The van der Waals surface area contributed by atoms with E-state index < -0.39 is 18.4 Å². The van der Waals surface area contributed by atoms with Gasteiger partial charge in [-0.25, -0.2) is 0 Å². The van der Waals surface area contributed by atoms with Gasteiger partial charge in [-0.3, -0.25) is 14.4 Å². The van der Waals surface area contributed by atoms with Gasteiger partial charge in [-0.2, -0.15) is 0 Å². The number of carbonyl (C=O) groups excluding carboxylic acids is 2. The summed E-state index contributed by atoms with van der Waals surface area (Å²) in [5, 5.41) is 9.54. The Morgan fingerprint density at radius 3 is 2.75 bits per heavy atom. The first-order valence-corrected chi connectivity index (χ1v) is 10.0. The number of thiophene rings is 1. The normalized spacial score (nSPS) is 16.4. The van der Waals surface area contributed by atoms with Crippen molar-refractivity contribution in [3.63, 3.8) is 0 Å². The van der Waals surface area contributed by atoms with Crippen LogP contribution in [0.25, 0.3) is 10.2 Å². The molecule has 0 saturated carbocycles. The number of ketones is 1. The first-order valence-electron chi connectivity index (χ1n) is 8.46. The van der Waals surface area contributed by atoms with Gasteiger partial charge < -0.3 is 15.0 Å². The van der Waals surface area contributed by atoms with Gasteiger partial charge in [-0.15, -0.1) is 11.3 Å². The molecule has 0 fully saturated rings. The molecule has 144 valence electrons. The highest BCUT2D eigenvalue weighted by Gasteiger charge is 2.35. The summed E-state index contributed by atoms with van der Waals surface area (Å²) in [5.41, 5.74) is 2.40. The molecule has 1 aliphatic heterocycles. The van der Waals surface area contributed by atoms with Crippen molar-refractivity contribution in [3.8, 4) is 0 Å². The number of fused-ring (bicyclic) bond motifs is 2. The minimum Gasteiger partial charge on any atom is -0.480 e. The van der Waals surface area contributed by atoms with Crippen molar-refractivity contribution in [2.45, 2.75) is 12.8 Å². The first kappa shape index (κ1) is 19.0. The molecule has 1 unspecified atom stereocenters. The number of hydrogen-bond acceptors (Lipinski definition) is 4. The fourth-order valence-electron chi connectivity index (χ4n) is 3.50. The maximum Gasteiger partial charge on any atom is 0.323 e. The molecule has 2 aromatic heterocycles. The molecule has 2 N–H and O–H groups in total. The summed E-state index contributed by atoms with van der Waals surface area (Å²) in [4.78, 5) is 41.1. The van der Waals surface area contributed by atoms with E-state index in [4.69, 9.17) is 23.2 Å². The summed E-state index contributed by atoms with van der Waals surface area (Å²) < 4.78 is 1.22. The molecule has 1 amide bonds. The van der Waals surface area contributed by atoms with E-state index in [0.717, 1.165) is 10.3 Å². The minimum absolute atomic E-state index is 0.0254. The Balaban J connectivity index is 1.60. The molecule has 0 radical (unpaired) electrons. The van der Waals surface area contributed by atoms with Gasteiger partial charge >= 0.3 is 5.97 Å². The van der Waals surface area contributed by atoms with Crippen LogP contribution in [0.5, 0.6) is 0 Å². The summed E-state index contributed by atoms with van der Waals surface area (Å²) in [6, 6.07) is 8.83. The predicted molar refractivity (Wildman–Crippen MR) is 109 cm³/mol. The van der Waals surface area contributed by atoms with Crippen molar-refractivity contribution in [2.75, 3.05) is 11.4 Å². The quantitative estimate of drug-likeness (QED) is 0.579. The van der Waals surface area contributed by atoms with Gasteiger partial charge in [0.15, 0.2) is 5.78 Å². The molecule has 6 nitrogen and oxygen atoms in total. The van der Waals surface area contributed by atoms with E-state index in [0.29, 0.717) is 32.7 Å². The molecule has 3 aromatic rings. The average molecular weight is 437 g/mol. The molecule has 9 heteroatoms. The lowest BCUT2D eigenvalue weighted by Gasteiger charge is -2.33. The molecule has 1 aliphatic rings. The van der Waals surface area contributed by atoms with Gasteiger partial charge in [-0.1, -0.05) is 41.4 Å². The SMILES string of the molecule is O=C(O)CN1C(=O)C(CC(=O)c2cc3sc(Cl)c(Cl)c3[nH]2)Cc2ccccc21. The fourth-order valence-corrected chi connectivity index (χ4v) is 4.98. The standard InChI is InChI=1S/C19H14Cl2N2O4S/c20-16-17-14(28-18(16)21)7-11(22-17)13(24)6-10-5-9-3-1-2-4-12(9)23(19(10)27)8-15(25)26/h1-4,7,10,22H,5-6,8H2,(H,25,26). The van der Waals surface area contributed by atoms with Crippen LogP contribution < -0.4 is 4.90 Å². The van der Waals surface area contributed by atoms with E-state index in [-0.39, 0.29) is 18.1 Å². The minimum atomic E-state index is -1.11. The summed E-state index contributed by atoms with van der Waals surface area (Å²) in [5.74, 6) is -2.32. The van der Waals surface area contributed by atoms with Crippen LogP contribution >= 0.6 is 34.5 Å². The van der Waals surface area contributed by atoms with Crippen molar-refractivity contribution in [2.24, 2.45) is 5.92 Å². The van der Waals surface area contributed by atoms with E-state index >= 15 is 0 Å². The lowest BCUT2D eigenvalue weighted by Crippen LogP contribution is -2.44. The number of carboxylic acid groups (broad SMARTS) is 1. The lowest BCUT2D eigenvalue weighted by molar-refractivity contribution is -0.137. The number of aromatic nitrogens is 1. The van der Waals surface area contributed by atoms with Crippen molar-refractivity contribution in [1.82, 2.24) is 4.98 Å². The maximum absolute atomic E-state index is 12.9. The molecule has 0 saturated heterocycles. The van der Waals surface area contributed by atoms with E-state index in [9.17, 15) is 19.5 Å². The number of anilines is 1. The highest BCUT2D eigenvalue weighted by molar-refractivity contribution is 7.23. The van der Waals surface area contributed by atoms with E-state index in [1.807, 2.05) is 12.1 Å². The second-order valence-electron chi connectivity index (χ2n) is 6.59. The van der Waals surface area contributed by atoms with Crippen molar-refractivity contribution < 1.29 is 19.5 Å². The summed E-state index contributed by atoms with van der Waals surface area (Å²) >= 11 is 13.4. The van der Waals surface area contributed by atoms with Gasteiger partial charge in [-0.05, 0) is 24.1 Å². The molecule has 28 heavy (non-hydrogen) atoms. The molecule has 1 atom stereocenters. The Morgan fingerprint density at radius 2 is 2.04 bits per heavy atom. The molecular formula is C19H14Cl2N2O4S. The number of aromatic amines is 1. The smallest absolute Gasteiger partial charge is 0.323 e. The zero-order chi connectivity index (χ0) is 20.0. The zero-order valence-corrected chi connectivity index (χ0v) is 16.7. The first-order chi connectivity index (χ1) is 13.3. The largest absolute Gasteiger partial charge is 0.480 e. The average Bonchev–Trinajstić information content (AvgIpc) is 3.18. The molecule has 3 heterocycles. The van der Waals surface area contributed by atoms with Crippen molar-refractivity contribution in [3.05, 3.63) is 50.9 Å². The fraction of sp³-hybridized carbons (Fsp3) is 0.211. The summed E-state index contributed by atoms with van der Waals surface area (Å²) in [6.45, 7) is -0.438. The highest BCUT2D eigenvalue weighted by atomic mass is 35.5. The van der Waals surface area contributed by atoms with Gasteiger partial charge in [0, 0.05) is 18.0 Å². The van der Waals surface area contributed by atoms with E-state index in [2.05, 4.69) is 4.98 Å². The number of H-pyrrole nitrogens is 1. The zero-order valence-electron chi connectivity index (χ0n) is 14.4. The van der Waals surface area contributed by atoms with Crippen LogP contribution in [0.2, 0.25) is 9.36 Å². The second-order valence-corrected chi connectivity index (χ2v) is 8.62. The van der Waals surface area contributed by atoms with Crippen LogP contribution in [0, 0.1) is 5.92 Å². The molecule has 4 rings (SSSR count). The third-order valence-electron chi connectivity index (χ3n) is 4.76. The van der Waals surface area contributed by atoms with E-state index in [1.165, 1.54) is 16.2 Å². The second kappa shape index (κ2) is 7.24. The Hall–Kier alpha value is -2.35. The Labute approximate surface area is 173 Å². The third kappa shape index (κ3) is 3.30. The van der Waals surface area contributed by atoms with Gasteiger partial charge in [0.1, 0.15) is 10.9 Å². The lowest BCUT2D eigenvalue weighted by atomic mass is 9.87. The predicted octanol–water partition coefficient (Wildman–Crippen LogP) is 4.40. The number of hydrogen-bond donors (Lipinski definition) is 2. The Bertz CT molecular complexity index is 1120. The molecular weight excluding hydrogens is 423 g/mol. The van der Waals surface area contributed by atoms with Crippen molar-refractivity contribution in [1.29, 1.82) is 0 Å². The Kier molecular flexibility index (Phi) is 4.91. The number of rotatable bonds is 5. The van der Waals surface area contributed by atoms with E-state index in [1.54, 1.807) is 18.2 Å². The van der Waals surface area contributed by atoms with Gasteiger partial charge in [0.25, 0.3) is 0 Å². The number of halogens is 2. The van der Waals surface area contributed by atoms with Crippen LogP contribution in [0.1, 0.15) is 22.5 Å². The third-order valence-corrected chi connectivity index (χ3v) is 6.70. The van der Waals surface area contributed by atoms with Gasteiger partial charge in [0.05, 0.1) is 20.9 Å². The number of nitrogens with zero attached hydrogens (tertiary/aromatic N) is 1. The van der Waals surface area contributed by atoms with Crippen LogP contribution in [0.4, 0.5) is 5.69 Å². The number of Topliss-reactive ketones (excluding diaryl/α,β-unsaturated/α-hetero) is 1. The van der Waals surface area contributed by atoms with Gasteiger partial charge in [0.2, 0.25) is 5.91 Å². The maximum atomic E-state index is 12.9. The number of carboxylic acids is 1. The molecule has 1 aromatic carbocycles. The topological polar surface area (TPSA) is 90.5 Å². The number of benzene rings is 1. The van der Waals surface area contributed by atoms with Crippen LogP contribution in [-0.2, 0) is 16.0 Å². The number of nitrogens with one attached hydrogen (secondary N) is 1. The number of carbonyl (C=O) groups is 3. The highest BCUT2D eigenvalue weighted by Crippen LogP contribution is 2.39. The van der Waals surface area contributed by atoms with Crippen molar-refractivity contribution >= 4 is 68.1 Å². The van der Waals surface area contributed by atoms with Crippen LogP contribution in [0.15, 0.2) is 30.3 Å². The number of aliphatic carboxylic acids is 1. The summed E-state index contributed by atoms with van der Waals surface area (Å²) in [6.07, 6.45) is 0.362.